The Kier molecular flexibility index (Phi) is 12.8. The highest BCUT2D eigenvalue weighted by Gasteiger charge is 2.52. The smallest absolute Gasteiger partial charge is 0.273 e. The molecule has 0 atom stereocenters. The van der Waals surface area contributed by atoms with Crippen molar-refractivity contribution in [2.45, 2.75) is 0 Å². The van der Waals surface area contributed by atoms with Gasteiger partial charge in [-0.3, -0.25) is 0 Å². The molecular weight excluding hydrogens is 1510 g/mol. The van der Waals surface area contributed by atoms with Crippen molar-refractivity contribution in [3.05, 3.63) is 313 Å². The van der Waals surface area contributed by atoms with Crippen molar-refractivity contribution in [3.63, 3.8) is 0 Å². The molecule has 20 aromatic rings. The number of ether oxygens (including phenoxy) is 4. The summed E-state index contributed by atoms with van der Waals surface area (Å²) < 4.78 is 178. The maximum absolute atomic E-state index is 18.2. The molecule has 6 aliphatic heterocycles. The van der Waals surface area contributed by atoms with Crippen molar-refractivity contribution in [3.8, 4) is 63.1 Å². The number of hydrogen-bond donors (Lipinski definition) is 0. The molecule has 22 heteroatoms. The second-order valence-corrected chi connectivity index (χ2v) is 32.4. The van der Waals surface area contributed by atoms with Gasteiger partial charge in [0.2, 0.25) is 0 Å². The maximum atomic E-state index is 18.2. The van der Waals surface area contributed by atoms with Crippen LogP contribution in [0.1, 0.15) is 0 Å². The summed E-state index contributed by atoms with van der Waals surface area (Å²) >= 11 is 3.07. The first-order valence-electron chi connectivity index (χ1n) is 37.7. The monoisotopic (exact) mass is 1560 g/mol. The van der Waals surface area contributed by atoms with Crippen molar-refractivity contribution in [2.75, 3.05) is 9.80 Å². The van der Waals surface area contributed by atoms with Crippen LogP contribution < -0.4 is 76.5 Å². The van der Waals surface area contributed by atoms with Crippen LogP contribution in [0, 0.1) is 46.5 Å². The van der Waals surface area contributed by atoms with Crippen molar-refractivity contribution in [1.29, 1.82) is 0 Å². The van der Waals surface area contributed by atoms with Gasteiger partial charge in [-0.05, 0) is 124 Å². The van der Waals surface area contributed by atoms with E-state index in [1.807, 2.05) is 138 Å². The zero-order chi connectivity index (χ0) is 76.8. The van der Waals surface area contributed by atoms with Crippen LogP contribution in [-0.2, 0) is 0 Å². The molecule has 9 nitrogen and oxygen atoms in total. The predicted molar refractivity (Wildman–Crippen MR) is 449 cm³/mol. The zero-order valence-electron chi connectivity index (χ0n) is 59.8. The Morgan fingerprint density at radius 1 is 0.250 bits per heavy atom. The normalized spacial score (nSPS) is 13.7. The lowest BCUT2D eigenvalue weighted by atomic mass is 9.30. The minimum Gasteiger partial charge on any atom is -0.458 e. The highest BCUT2D eigenvalue weighted by molar-refractivity contribution is 7.33. The Bertz CT molecular complexity index is 7400. The van der Waals surface area contributed by atoms with Crippen molar-refractivity contribution >= 4 is 210 Å². The van der Waals surface area contributed by atoms with E-state index in [0.717, 1.165) is 51.5 Å². The average Bonchev–Trinajstić information content (AvgIpc) is 1.08. The summed E-state index contributed by atoms with van der Waals surface area (Å²) in [5, 5.41) is 5.30. The van der Waals surface area contributed by atoms with Gasteiger partial charge in [0.05, 0.1) is 50.2 Å². The summed E-state index contributed by atoms with van der Waals surface area (Å²) in [6, 6.07) is 76.2. The number of thiophene rings is 2. The van der Waals surface area contributed by atoms with E-state index in [0.29, 0.717) is 99.8 Å². The number of rotatable bonds is 5. The fourth-order valence-electron chi connectivity index (χ4n) is 19.8. The largest absolute Gasteiger partial charge is 0.458 e. The Labute approximate surface area is 660 Å². The lowest BCUT2D eigenvalue weighted by Crippen LogP contribution is -2.65. The van der Waals surface area contributed by atoms with Crippen LogP contribution in [-0.4, -0.2) is 33.8 Å². The van der Waals surface area contributed by atoms with Crippen LogP contribution in [0.25, 0.3) is 103 Å². The topological polar surface area (TPSA) is 58.2 Å². The van der Waals surface area contributed by atoms with E-state index in [-0.39, 0.29) is 67.8 Å². The molecule has 0 amide bonds. The first kappa shape index (κ1) is 64.6. The van der Waals surface area contributed by atoms with Crippen molar-refractivity contribution < 1.29 is 54.1 Å². The zero-order valence-corrected chi connectivity index (χ0v) is 61.5. The number of anilines is 6. The number of aromatic nitrogens is 3. The number of nitrogens with zero attached hydrogens (tertiary/aromatic N) is 5. The molecule has 546 valence electrons. The quantitative estimate of drug-likeness (QED) is 0.126. The molecule has 5 aromatic heterocycles. The summed E-state index contributed by atoms with van der Waals surface area (Å²) in [7, 11) is 0. The molecular formula is C94H44B3F8N5O4S2. The Morgan fingerprint density at radius 3 is 0.974 bits per heavy atom. The van der Waals surface area contributed by atoms with Gasteiger partial charge in [-0.2, -0.15) is 0 Å². The molecule has 0 aliphatic carbocycles. The Morgan fingerprint density at radius 2 is 0.578 bits per heavy atom. The van der Waals surface area contributed by atoms with E-state index in [2.05, 4.69) is 0 Å². The lowest BCUT2D eigenvalue weighted by molar-refractivity contribution is 0.467. The minimum atomic E-state index is -1.000. The fraction of sp³-hybridized carbons (Fsp3) is 0. The van der Waals surface area contributed by atoms with Gasteiger partial charge in [-0.1, -0.05) is 133 Å². The number of para-hydroxylation sites is 8. The van der Waals surface area contributed by atoms with Gasteiger partial charge in [0.15, 0.2) is 0 Å². The van der Waals surface area contributed by atoms with Gasteiger partial charge in [0, 0.05) is 132 Å². The van der Waals surface area contributed by atoms with E-state index in [4.69, 9.17) is 18.9 Å². The van der Waals surface area contributed by atoms with E-state index in [9.17, 15) is 0 Å². The van der Waals surface area contributed by atoms with Crippen LogP contribution in [0.15, 0.2) is 267 Å². The standard InChI is InChI=1S/C94H44B3F8N5O4S2/c98-60-23-9-19-50-51-20-10-24-61(99)86(51)107(85(50)60)46-37-76-83-78(39-46)113-91-54-17-3-7-33-80(54)115-93(91)96(83)58-41-56-70(43-74(58)111-76)109(89-64(102)27-13-28-65(89)103)72-35-45(106-68-31-5-1-15-48(68)49-16-2-6-32-69(49)106)36-73-82(72)95(56)57-42-59-75(44-71(57)110(73)90-66(104)29-14-30-67(90)105)112-77-38-47(108-87-52(21-11-25-62(87)100)53-22-12-26-63(101)88(53)108)40-79-84(77)97(59)94-92(114-79)55-18-4-8-34-81(55)116-94/h1-44H. The Hall–Kier alpha value is -13.9. The maximum Gasteiger partial charge on any atom is 0.273 e. The third-order valence-corrected chi connectivity index (χ3v) is 26.8. The molecule has 0 N–H and O–H groups in total. The summed E-state index contributed by atoms with van der Waals surface area (Å²) in [4.78, 5) is 3.12. The molecule has 0 saturated heterocycles. The molecule has 6 aliphatic rings. The van der Waals surface area contributed by atoms with E-state index in [1.54, 1.807) is 91.7 Å². The summed E-state index contributed by atoms with van der Waals surface area (Å²) in [5.74, 6) is -3.18. The van der Waals surface area contributed by atoms with Gasteiger partial charge < -0.3 is 42.4 Å². The van der Waals surface area contributed by atoms with Gasteiger partial charge in [0.25, 0.3) is 20.1 Å². The molecule has 0 fully saturated rings. The summed E-state index contributed by atoms with van der Waals surface area (Å²) in [6.45, 7) is -2.41. The van der Waals surface area contributed by atoms with Gasteiger partial charge in [-0.25, -0.2) is 35.1 Å². The van der Waals surface area contributed by atoms with Gasteiger partial charge in [0.1, 0.15) is 104 Å². The van der Waals surface area contributed by atoms with Crippen LogP contribution in [0.3, 0.4) is 0 Å². The highest BCUT2D eigenvalue weighted by atomic mass is 32.1. The first-order valence-corrected chi connectivity index (χ1v) is 39.3. The molecule has 0 spiro atoms. The third-order valence-electron chi connectivity index (χ3n) is 24.3. The lowest BCUT2D eigenvalue weighted by Gasteiger charge is -2.45. The van der Waals surface area contributed by atoms with Crippen LogP contribution in [0.4, 0.5) is 69.2 Å². The van der Waals surface area contributed by atoms with Gasteiger partial charge in [-0.15, -0.1) is 22.7 Å². The number of benzene rings is 15. The van der Waals surface area contributed by atoms with Crippen molar-refractivity contribution in [1.82, 2.24) is 13.7 Å². The van der Waals surface area contributed by atoms with Crippen LogP contribution >= 0.6 is 22.7 Å². The number of hydrogen-bond acceptors (Lipinski definition) is 8. The molecule has 116 heavy (non-hydrogen) atoms. The fourth-order valence-corrected chi connectivity index (χ4v) is 22.3. The van der Waals surface area contributed by atoms with Crippen LogP contribution in [0.5, 0.6) is 46.0 Å². The second kappa shape index (κ2) is 22.9. The van der Waals surface area contributed by atoms with Crippen LogP contribution in [0.2, 0.25) is 0 Å². The summed E-state index contributed by atoms with van der Waals surface area (Å²) in [5.41, 5.74) is 7.11. The molecule has 26 rings (SSSR count). The van der Waals surface area contributed by atoms with E-state index >= 15 is 35.1 Å². The molecule has 15 aromatic carbocycles. The van der Waals surface area contributed by atoms with E-state index in [1.165, 1.54) is 83.3 Å². The molecule has 0 radical (unpaired) electrons. The number of halogens is 8. The molecule has 11 heterocycles. The molecule has 0 saturated carbocycles. The molecule has 0 bridgehead atoms. The van der Waals surface area contributed by atoms with E-state index < -0.39 is 78.1 Å². The second-order valence-electron chi connectivity index (χ2n) is 30.2. The molecule has 0 unspecified atom stereocenters. The Balaban J connectivity index is 0.784. The predicted octanol–water partition coefficient (Wildman–Crippen LogP) is 20.1. The number of fused-ring (bicyclic) bond motifs is 25. The first-order chi connectivity index (χ1) is 56.8. The highest BCUT2D eigenvalue weighted by Crippen LogP contribution is 2.53. The third kappa shape index (κ3) is 8.39. The SMILES string of the molecule is Fc1cccc(F)c1N1c2cc3c(cc2B2c4cc5c(cc4N(c4c(F)cccc4F)c4cc(-n6c7ccccc7c7ccccc76)cc1c42)Oc1cc(-n2c4c(F)cccc4c4cccc(F)c42)cc2c1B5c1sc4ccccc4c1O2)B1c2sc4ccccc4c2Oc2cc(-n4c5c(F)cccc5c5cccc(F)c54)cc(c21)O3. The van der Waals surface area contributed by atoms with Gasteiger partial charge >= 0.3 is 0 Å². The average molecular weight is 1560 g/mol. The minimum absolute atomic E-state index is 0.128. The van der Waals surface area contributed by atoms with Crippen molar-refractivity contribution in [2.24, 2.45) is 0 Å². The summed E-state index contributed by atoms with van der Waals surface area (Å²) in [6.07, 6.45) is 0.